The van der Waals surface area contributed by atoms with Gasteiger partial charge in [0.2, 0.25) is 15.9 Å². The molecule has 0 aromatic heterocycles. The maximum Gasteiger partial charge on any atom is 0.240 e. The zero-order valence-corrected chi connectivity index (χ0v) is 16.4. The molecule has 1 saturated heterocycles. The number of sulfonamides is 1. The number of likely N-dealkylation sites (N-methyl/N-ethyl adjacent to an activating group) is 1. The van der Waals surface area contributed by atoms with Crippen LogP contribution in [0.3, 0.4) is 0 Å². The lowest BCUT2D eigenvalue weighted by atomic mass is 10.0. The van der Waals surface area contributed by atoms with Gasteiger partial charge in [-0.15, -0.1) is 0 Å². The molecule has 0 spiro atoms. The van der Waals surface area contributed by atoms with Crippen LogP contribution < -0.4 is 9.62 Å². The molecular formula is C18H27N3O4S. The summed E-state index contributed by atoms with van der Waals surface area (Å²) in [6.45, 7) is 7.56. The molecule has 0 aliphatic carbocycles. The van der Waals surface area contributed by atoms with Crippen molar-refractivity contribution < 1.29 is 17.9 Å². The number of carbonyl (C=O) groups is 1. The number of ether oxygens (including phenoxy) is 1. The maximum atomic E-state index is 12.8. The first-order valence-electron chi connectivity index (χ1n) is 9.00. The van der Waals surface area contributed by atoms with Gasteiger partial charge >= 0.3 is 0 Å². The van der Waals surface area contributed by atoms with Gasteiger partial charge in [0.25, 0.3) is 0 Å². The highest BCUT2D eigenvalue weighted by Gasteiger charge is 2.28. The van der Waals surface area contributed by atoms with Crippen LogP contribution in [0.25, 0.3) is 0 Å². The number of fused-ring (bicyclic) bond motifs is 1. The van der Waals surface area contributed by atoms with Crippen LogP contribution in [0.2, 0.25) is 0 Å². The molecule has 1 fully saturated rings. The molecular weight excluding hydrogens is 354 g/mol. The van der Waals surface area contributed by atoms with Gasteiger partial charge in [-0.1, -0.05) is 13.8 Å². The molecule has 144 valence electrons. The quantitative estimate of drug-likeness (QED) is 0.790. The molecule has 0 bridgehead atoms. The van der Waals surface area contributed by atoms with Crippen molar-refractivity contribution in [1.82, 2.24) is 9.62 Å². The van der Waals surface area contributed by atoms with Crippen LogP contribution >= 0.6 is 0 Å². The van der Waals surface area contributed by atoms with E-state index in [1.54, 1.807) is 30.1 Å². The summed E-state index contributed by atoms with van der Waals surface area (Å²) < 4.78 is 33.7. The van der Waals surface area contributed by atoms with Gasteiger partial charge in [-0.05, 0) is 29.7 Å². The molecule has 3 rings (SSSR count). The second kappa shape index (κ2) is 7.64. The highest BCUT2D eigenvalue weighted by molar-refractivity contribution is 7.89. The normalized spacial score (nSPS) is 19.8. The molecule has 2 aliphatic rings. The first kappa shape index (κ1) is 19.3. The fourth-order valence-electron chi connectivity index (χ4n) is 3.59. The van der Waals surface area contributed by atoms with Crippen LogP contribution in [-0.2, 0) is 26.0 Å². The Balaban J connectivity index is 1.72. The monoisotopic (exact) mass is 381 g/mol. The van der Waals surface area contributed by atoms with Gasteiger partial charge < -0.3 is 9.64 Å². The number of hydrogen-bond acceptors (Lipinski definition) is 5. The molecule has 2 aliphatic heterocycles. The van der Waals surface area contributed by atoms with Crippen molar-refractivity contribution in [3.05, 3.63) is 23.8 Å². The fraction of sp³-hybridized carbons (Fsp3) is 0.611. The summed E-state index contributed by atoms with van der Waals surface area (Å²) in [4.78, 5) is 15.9. The number of hydrogen-bond donors (Lipinski definition) is 1. The molecule has 2 heterocycles. The second-order valence-electron chi connectivity index (χ2n) is 7.23. The molecule has 1 aromatic carbocycles. The summed E-state index contributed by atoms with van der Waals surface area (Å²) >= 11 is 0. The van der Waals surface area contributed by atoms with E-state index in [9.17, 15) is 13.2 Å². The van der Waals surface area contributed by atoms with Gasteiger partial charge in [-0.25, -0.2) is 13.1 Å². The van der Waals surface area contributed by atoms with E-state index in [-0.39, 0.29) is 23.3 Å². The van der Waals surface area contributed by atoms with Crippen LogP contribution in [0.1, 0.15) is 19.4 Å². The van der Waals surface area contributed by atoms with Crippen molar-refractivity contribution in [2.45, 2.75) is 31.2 Å². The zero-order valence-electron chi connectivity index (χ0n) is 15.6. The Labute approximate surface area is 155 Å². The number of carbonyl (C=O) groups excluding carboxylic acids is 1. The minimum atomic E-state index is -3.62. The Morgan fingerprint density at radius 3 is 2.58 bits per heavy atom. The third kappa shape index (κ3) is 3.93. The van der Waals surface area contributed by atoms with E-state index >= 15 is 0 Å². The average molecular weight is 381 g/mol. The summed E-state index contributed by atoms with van der Waals surface area (Å²) in [7, 11) is -1.92. The van der Waals surface area contributed by atoms with Crippen molar-refractivity contribution in [3.8, 4) is 0 Å². The van der Waals surface area contributed by atoms with Crippen LogP contribution in [0.4, 0.5) is 5.69 Å². The molecule has 0 saturated carbocycles. The Morgan fingerprint density at radius 2 is 1.92 bits per heavy atom. The third-order valence-corrected chi connectivity index (χ3v) is 6.63. The Hall–Kier alpha value is -1.48. The third-order valence-electron chi connectivity index (χ3n) is 5.21. The summed E-state index contributed by atoms with van der Waals surface area (Å²) in [6, 6.07) is 5.00. The molecule has 1 N–H and O–H groups in total. The molecule has 0 radical (unpaired) electrons. The molecule has 1 unspecified atom stereocenters. The zero-order chi connectivity index (χ0) is 18.9. The molecule has 1 amide bonds. The Kier molecular flexibility index (Phi) is 5.67. The lowest BCUT2D eigenvalue weighted by Crippen LogP contribution is -2.51. The van der Waals surface area contributed by atoms with Crippen molar-refractivity contribution in [1.29, 1.82) is 0 Å². The van der Waals surface area contributed by atoms with Crippen molar-refractivity contribution in [3.63, 3.8) is 0 Å². The lowest BCUT2D eigenvalue weighted by Gasteiger charge is -2.36. The Bertz CT molecular complexity index is 773. The van der Waals surface area contributed by atoms with Crippen molar-refractivity contribution in [2.75, 3.05) is 44.8 Å². The largest absolute Gasteiger partial charge is 0.379 e. The number of morpholine rings is 1. The van der Waals surface area contributed by atoms with Gasteiger partial charge in [0.05, 0.1) is 24.5 Å². The van der Waals surface area contributed by atoms with Gasteiger partial charge in [-0.2, -0.15) is 0 Å². The highest BCUT2D eigenvalue weighted by atomic mass is 32.2. The van der Waals surface area contributed by atoms with Crippen LogP contribution in [0, 0.1) is 5.92 Å². The molecule has 8 heteroatoms. The van der Waals surface area contributed by atoms with Crippen molar-refractivity contribution in [2.24, 2.45) is 5.92 Å². The highest BCUT2D eigenvalue weighted by Crippen LogP contribution is 2.29. The summed E-state index contributed by atoms with van der Waals surface area (Å²) in [5.74, 6) is 0.303. The molecule has 26 heavy (non-hydrogen) atoms. The van der Waals surface area contributed by atoms with Gasteiger partial charge in [0.1, 0.15) is 0 Å². The molecule has 1 atom stereocenters. The number of rotatable bonds is 6. The van der Waals surface area contributed by atoms with Crippen LogP contribution in [0.5, 0.6) is 0 Å². The summed E-state index contributed by atoms with van der Waals surface area (Å²) in [5.41, 5.74) is 1.54. The van der Waals surface area contributed by atoms with Gasteiger partial charge in [0.15, 0.2) is 0 Å². The van der Waals surface area contributed by atoms with E-state index in [1.807, 2.05) is 0 Å². The minimum Gasteiger partial charge on any atom is -0.379 e. The first-order valence-corrected chi connectivity index (χ1v) is 10.5. The summed E-state index contributed by atoms with van der Waals surface area (Å²) in [5, 5.41) is 0. The van der Waals surface area contributed by atoms with E-state index in [4.69, 9.17) is 4.74 Å². The first-order chi connectivity index (χ1) is 12.3. The standard InChI is InChI=1S/C18H27N3O4S/c1-13(2)17(21-6-8-25-9-7-21)12-19-26(23,24)15-4-5-16-14(10-15)11-18(22)20(16)3/h4-5,10,13,17,19H,6-9,11-12H2,1-3H3. The van der Waals surface area contributed by atoms with E-state index in [1.165, 1.54) is 0 Å². The topological polar surface area (TPSA) is 79.0 Å². The van der Waals surface area contributed by atoms with Crippen molar-refractivity contribution >= 4 is 21.6 Å². The smallest absolute Gasteiger partial charge is 0.240 e. The number of nitrogens with zero attached hydrogens (tertiary/aromatic N) is 2. The Morgan fingerprint density at radius 1 is 1.23 bits per heavy atom. The number of nitrogens with one attached hydrogen (secondary N) is 1. The molecule has 7 nitrogen and oxygen atoms in total. The SMILES string of the molecule is CC(C)C(CNS(=O)(=O)c1ccc2c(c1)CC(=O)N2C)N1CCOCC1. The van der Waals surface area contributed by atoms with Gasteiger partial charge in [0, 0.05) is 38.4 Å². The average Bonchev–Trinajstić information content (AvgIpc) is 2.89. The van der Waals surface area contributed by atoms with E-state index < -0.39 is 10.0 Å². The number of benzene rings is 1. The fourth-order valence-corrected chi connectivity index (χ4v) is 4.69. The summed E-state index contributed by atoms with van der Waals surface area (Å²) in [6.07, 6.45) is 0.248. The lowest BCUT2D eigenvalue weighted by molar-refractivity contribution is -0.117. The predicted molar refractivity (Wildman–Crippen MR) is 99.8 cm³/mol. The van der Waals surface area contributed by atoms with Crippen LogP contribution in [0.15, 0.2) is 23.1 Å². The van der Waals surface area contributed by atoms with Crippen LogP contribution in [-0.4, -0.2) is 65.2 Å². The maximum absolute atomic E-state index is 12.8. The van der Waals surface area contributed by atoms with Gasteiger partial charge in [-0.3, -0.25) is 9.69 Å². The molecule has 1 aromatic rings. The van der Waals surface area contributed by atoms with E-state index in [2.05, 4.69) is 23.5 Å². The minimum absolute atomic E-state index is 0.0188. The predicted octanol–water partition coefficient (Wildman–Crippen LogP) is 0.841. The van der Waals surface area contributed by atoms with E-state index in [0.717, 1.165) is 24.3 Å². The van der Waals surface area contributed by atoms with E-state index in [0.29, 0.717) is 25.7 Å². The number of amides is 1. The second-order valence-corrected chi connectivity index (χ2v) is 9.00. The number of anilines is 1.